The molecule has 1 aromatic carbocycles. The van der Waals surface area contributed by atoms with Crippen molar-refractivity contribution in [3.05, 3.63) is 57.9 Å². The fourth-order valence-electron chi connectivity index (χ4n) is 3.35. The highest BCUT2D eigenvalue weighted by Gasteiger charge is 2.21. The summed E-state index contributed by atoms with van der Waals surface area (Å²) in [4.78, 5) is 25.0. The van der Waals surface area contributed by atoms with E-state index < -0.39 is 0 Å². The van der Waals surface area contributed by atoms with Gasteiger partial charge in [0.25, 0.3) is 0 Å². The van der Waals surface area contributed by atoms with E-state index in [1.54, 1.807) is 35.9 Å². The predicted molar refractivity (Wildman–Crippen MR) is 101 cm³/mol. The Morgan fingerprint density at radius 1 is 1.31 bits per heavy atom. The van der Waals surface area contributed by atoms with Crippen LogP contribution in [-0.4, -0.2) is 35.5 Å². The minimum absolute atomic E-state index is 0.0866. The first-order valence-corrected chi connectivity index (χ1v) is 9.18. The smallest absolute Gasteiger partial charge is 0.311 e. The Hall–Kier alpha value is -2.11. The molecular formula is C20H23ClN2O3. The quantitative estimate of drug-likeness (QED) is 0.623. The molecule has 1 unspecified atom stereocenters. The zero-order valence-corrected chi connectivity index (χ0v) is 15.8. The molecule has 138 valence electrons. The van der Waals surface area contributed by atoms with E-state index in [-0.39, 0.29) is 24.2 Å². The van der Waals surface area contributed by atoms with Gasteiger partial charge < -0.3 is 14.6 Å². The summed E-state index contributed by atoms with van der Waals surface area (Å²) >= 11 is 5.89. The van der Waals surface area contributed by atoms with Crippen LogP contribution in [0.2, 0.25) is 5.02 Å². The van der Waals surface area contributed by atoms with Gasteiger partial charge in [0.05, 0.1) is 12.1 Å². The van der Waals surface area contributed by atoms with Crippen LogP contribution in [0.4, 0.5) is 0 Å². The third-order valence-electron chi connectivity index (χ3n) is 4.78. The highest BCUT2D eigenvalue weighted by molar-refractivity contribution is 6.30. The van der Waals surface area contributed by atoms with Gasteiger partial charge in [-0.2, -0.15) is 0 Å². The van der Waals surface area contributed by atoms with Crippen molar-refractivity contribution in [3.8, 4) is 0 Å². The van der Waals surface area contributed by atoms with Crippen LogP contribution in [0.1, 0.15) is 40.2 Å². The highest BCUT2D eigenvalue weighted by atomic mass is 35.5. The molecule has 2 aromatic rings. The molecule has 1 N–H and O–H groups in total. The minimum atomic E-state index is -0.273. The van der Waals surface area contributed by atoms with Gasteiger partial charge in [-0.15, -0.1) is 0 Å². The van der Waals surface area contributed by atoms with Gasteiger partial charge in [-0.3, -0.25) is 9.59 Å². The van der Waals surface area contributed by atoms with Crippen LogP contribution in [0.5, 0.6) is 0 Å². The number of hydrogen-bond donors (Lipinski definition) is 1. The summed E-state index contributed by atoms with van der Waals surface area (Å²) < 4.78 is 7.16. The number of rotatable bonds is 6. The molecule has 3 rings (SSSR count). The molecule has 0 aliphatic carbocycles. The molecule has 1 aliphatic rings. The number of nitrogens with one attached hydrogen (secondary N) is 1. The molecule has 0 saturated carbocycles. The fraction of sp³-hybridized carbons (Fsp3) is 0.400. The van der Waals surface area contributed by atoms with Crippen molar-refractivity contribution in [1.82, 2.24) is 9.88 Å². The van der Waals surface area contributed by atoms with E-state index in [0.717, 1.165) is 30.6 Å². The fourth-order valence-corrected chi connectivity index (χ4v) is 3.48. The summed E-state index contributed by atoms with van der Waals surface area (Å²) in [5.74, 6) is -0.360. The van der Waals surface area contributed by atoms with Crippen molar-refractivity contribution in [2.45, 2.75) is 32.2 Å². The Labute approximate surface area is 158 Å². The SMILES string of the molecule is Cc1cc(CC(=O)OCC2CCCN2)n(C)c1C(=O)c1ccc(Cl)cc1. The maximum atomic E-state index is 12.8. The zero-order valence-electron chi connectivity index (χ0n) is 15.0. The lowest BCUT2D eigenvalue weighted by Crippen LogP contribution is -2.28. The lowest BCUT2D eigenvalue weighted by Gasteiger charge is -2.11. The molecule has 1 fully saturated rings. The Morgan fingerprint density at radius 3 is 2.69 bits per heavy atom. The molecule has 2 heterocycles. The van der Waals surface area contributed by atoms with E-state index in [9.17, 15) is 9.59 Å². The highest BCUT2D eigenvalue weighted by Crippen LogP contribution is 2.20. The van der Waals surface area contributed by atoms with E-state index in [4.69, 9.17) is 16.3 Å². The Bertz CT molecular complexity index is 805. The maximum Gasteiger partial charge on any atom is 0.311 e. The second-order valence-corrected chi connectivity index (χ2v) is 7.15. The Kier molecular flexibility index (Phi) is 5.79. The summed E-state index contributed by atoms with van der Waals surface area (Å²) in [7, 11) is 1.80. The summed E-state index contributed by atoms with van der Waals surface area (Å²) in [6, 6.07) is 8.94. The first-order valence-electron chi connectivity index (χ1n) is 8.80. The van der Waals surface area contributed by atoms with Crippen molar-refractivity contribution in [3.63, 3.8) is 0 Å². The van der Waals surface area contributed by atoms with Crippen molar-refractivity contribution < 1.29 is 14.3 Å². The average molecular weight is 375 g/mol. The zero-order chi connectivity index (χ0) is 18.7. The molecule has 26 heavy (non-hydrogen) atoms. The molecule has 0 bridgehead atoms. The van der Waals surface area contributed by atoms with E-state index in [1.165, 1.54) is 0 Å². The van der Waals surface area contributed by atoms with Crippen LogP contribution in [0.25, 0.3) is 0 Å². The monoisotopic (exact) mass is 374 g/mol. The molecule has 1 atom stereocenters. The van der Waals surface area contributed by atoms with Gasteiger partial charge in [0.1, 0.15) is 6.61 Å². The molecule has 0 spiro atoms. The number of hydrogen-bond acceptors (Lipinski definition) is 4. The first kappa shape index (κ1) is 18.7. The van der Waals surface area contributed by atoms with Crippen LogP contribution < -0.4 is 5.32 Å². The number of carbonyl (C=O) groups excluding carboxylic acids is 2. The molecule has 5 nitrogen and oxygen atoms in total. The summed E-state index contributed by atoms with van der Waals surface area (Å²) in [6.45, 7) is 3.26. The van der Waals surface area contributed by atoms with Gasteiger partial charge in [0.15, 0.2) is 0 Å². The van der Waals surface area contributed by atoms with Crippen LogP contribution in [0.15, 0.2) is 30.3 Å². The molecule has 1 saturated heterocycles. The topological polar surface area (TPSA) is 60.3 Å². The first-order chi connectivity index (χ1) is 12.5. The van der Waals surface area contributed by atoms with E-state index in [2.05, 4.69) is 5.32 Å². The van der Waals surface area contributed by atoms with Crippen molar-refractivity contribution in [2.24, 2.45) is 7.05 Å². The molecule has 1 aliphatic heterocycles. The van der Waals surface area contributed by atoms with Crippen LogP contribution in [0.3, 0.4) is 0 Å². The Morgan fingerprint density at radius 2 is 2.04 bits per heavy atom. The summed E-state index contributed by atoms with van der Waals surface area (Å²) in [5.41, 5.74) is 2.75. The van der Waals surface area contributed by atoms with Gasteiger partial charge in [0.2, 0.25) is 5.78 Å². The Balaban J connectivity index is 1.69. The lowest BCUT2D eigenvalue weighted by atomic mass is 10.1. The molecule has 0 amide bonds. The molecule has 0 radical (unpaired) electrons. The van der Waals surface area contributed by atoms with Gasteiger partial charge in [0, 0.05) is 29.4 Å². The third kappa shape index (κ3) is 4.17. The number of aryl methyl sites for hydroxylation is 1. The largest absolute Gasteiger partial charge is 0.464 e. The minimum Gasteiger partial charge on any atom is -0.464 e. The van der Waals surface area contributed by atoms with Crippen LogP contribution in [-0.2, 0) is 23.0 Å². The number of ether oxygens (including phenoxy) is 1. The molecule has 6 heteroatoms. The number of aromatic nitrogens is 1. The van der Waals surface area contributed by atoms with E-state index in [1.807, 2.05) is 13.0 Å². The average Bonchev–Trinajstić information content (AvgIpc) is 3.22. The van der Waals surface area contributed by atoms with Gasteiger partial charge in [-0.1, -0.05) is 11.6 Å². The third-order valence-corrected chi connectivity index (χ3v) is 5.03. The number of esters is 1. The second kappa shape index (κ2) is 8.06. The number of benzene rings is 1. The van der Waals surface area contributed by atoms with Crippen LogP contribution in [0, 0.1) is 6.92 Å². The van der Waals surface area contributed by atoms with Crippen LogP contribution >= 0.6 is 11.6 Å². The predicted octanol–water partition coefficient (Wildman–Crippen LogP) is 3.06. The van der Waals surface area contributed by atoms with Gasteiger partial charge >= 0.3 is 5.97 Å². The molecular weight excluding hydrogens is 352 g/mol. The van der Waals surface area contributed by atoms with Crippen molar-refractivity contribution in [1.29, 1.82) is 0 Å². The maximum absolute atomic E-state index is 12.8. The van der Waals surface area contributed by atoms with E-state index in [0.29, 0.717) is 22.9 Å². The normalized spacial score (nSPS) is 16.7. The summed E-state index contributed by atoms with van der Waals surface area (Å²) in [5, 5.41) is 3.89. The van der Waals surface area contributed by atoms with Gasteiger partial charge in [-0.05, 0) is 62.2 Å². The number of halogens is 1. The van der Waals surface area contributed by atoms with Gasteiger partial charge in [-0.25, -0.2) is 0 Å². The lowest BCUT2D eigenvalue weighted by molar-refractivity contribution is -0.143. The number of nitrogens with zero attached hydrogens (tertiary/aromatic N) is 1. The molecule has 1 aromatic heterocycles. The van der Waals surface area contributed by atoms with E-state index >= 15 is 0 Å². The number of carbonyl (C=O) groups is 2. The second-order valence-electron chi connectivity index (χ2n) is 6.72. The van der Waals surface area contributed by atoms with Crippen molar-refractivity contribution >= 4 is 23.4 Å². The summed E-state index contributed by atoms with van der Waals surface area (Å²) in [6.07, 6.45) is 2.31. The standard InChI is InChI=1S/C20H23ClN2O3/c1-13-10-17(11-18(24)26-12-16-4-3-9-22-16)23(2)19(13)20(25)14-5-7-15(21)8-6-14/h5-8,10,16,22H,3-4,9,11-12H2,1-2H3. The number of ketones is 1. The van der Waals surface area contributed by atoms with Crippen molar-refractivity contribution in [2.75, 3.05) is 13.2 Å².